The van der Waals surface area contributed by atoms with Gasteiger partial charge in [-0.3, -0.25) is 41.0 Å². The van der Waals surface area contributed by atoms with Crippen LogP contribution in [-0.2, 0) is 207 Å². The Labute approximate surface area is 557 Å². The Morgan fingerprint density at radius 1 is 0.283 bits per heavy atom. The molecule has 0 aromatic rings. The first-order chi connectivity index (χ1) is 45.0. The number of ether oxygens (including phenoxy) is 14. The van der Waals surface area contributed by atoms with E-state index in [2.05, 4.69) is 33.5 Å². The number of aliphatic hydroxyl groups is 1. The maximum Gasteiger partial charge on any atom is 0.397 e. The van der Waals surface area contributed by atoms with Crippen LogP contribution in [-0.4, -0.2) is 353 Å². The molecule has 0 aromatic heterocycles. The highest BCUT2D eigenvalue weighted by Gasteiger charge is 2.63. The third-order valence-electron chi connectivity index (χ3n) is 13.3. The zero-order chi connectivity index (χ0) is 75.5. The molecule has 5 aliphatic rings. The predicted octanol–water partition coefficient (Wildman–Crippen LogP) is -10.0. The fraction of sp³-hybridized carbons (Fsp3) is 0.943. The quantitative estimate of drug-likeness (QED) is 0.0259. The van der Waals surface area contributed by atoms with E-state index in [4.69, 9.17) is 70.5 Å². The molecule has 5 fully saturated rings. The summed E-state index contributed by atoms with van der Waals surface area (Å²) in [7, 11) is -50.4. The third-order valence-corrected chi connectivity index (χ3v) is 17.4. The molecule has 5 saturated heterocycles. The summed E-state index contributed by atoms with van der Waals surface area (Å²) in [6.45, 7) is -5.07. The van der Waals surface area contributed by atoms with Gasteiger partial charge in [-0.2, -0.15) is 75.8 Å². The van der Waals surface area contributed by atoms with Gasteiger partial charge in [0.15, 0.2) is 68.1 Å². The van der Waals surface area contributed by atoms with E-state index in [1.165, 1.54) is 0 Å². The minimum atomic E-state index is -6.39. The SMILES string of the molecule is CO[C@@H]1[C@@H](OC)[C@H](O[C@H]2[C@H](OS(=O)(=O)O)[C@@H](OS(=O)(=O)O)[C@@H](O[C@H]3[C@H](OC)[C@@H](OS(=O)(=O)O)[C@@H](O[C@H]4[C@H](OS(=O)(=O)O)[C@H](OS(=O)(=O)O)[C@@H](O)O[C@@H]4COS(=O)(=O)O)O[C@H]3C(=O)O)O[C@@H]2COS(=O)(=O)O)O[C@H](C(=O)O)[C@H]1O[C@H]1O[C@H](COS(=O)(=O)O)[C@@H](OC)[C@H](OC)[C@H]1OS(=O)(=O)O. The lowest BCUT2D eigenvalue weighted by Gasteiger charge is -2.51. The number of carbonyl (C=O) groups is 2. The van der Waals surface area contributed by atoms with E-state index in [-0.39, 0.29) is 0 Å². The Kier molecular flexibility index (Phi) is 29.6. The van der Waals surface area contributed by atoms with Crippen molar-refractivity contribution < 1.29 is 246 Å². The molecule has 5 aliphatic heterocycles. The summed E-state index contributed by atoms with van der Waals surface area (Å²) in [5.41, 5.74) is 0. The van der Waals surface area contributed by atoms with E-state index in [9.17, 15) is 142 Å². The molecule has 0 saturated carbocycles. The molecule has 0 aromatic carbocycles. The lowest BCUT2D eigenvalue weighted by Crippen LogP contribution is -2.70. The number of carboxylic acids is 2. The van der Waals surface area contributed by atoms with Crippen LogP contribution in [0.4, 0.5) is 0 Å². The maximum atomic E-state index is 13.3. The summed E-state index contributed by atoms with van der Waals surface area (Å²) >= 11 is 0. The van der Waals surface area contributed by atoms with Gasteiger partial charge in [-0.25, -0.2) is 47.2 Å². The predicted molar refractivity (Wildman–Crippen MR) is 285 cm³/mol. The molecule has 64 heteroatoms. The minimum absolute atomic E-state index is 0.403. The van der Waals surface area contributed by atoms with Crippen molar-refractivity contribution in [2.75, 3.05) is 55.4 Å². The van der Waals surface area contributed by atoms with Gasteiger partial charge in [-0.05, 0) is 0 Å². The van der Waals surface area contributed by atoms with Crippen LogP contribution < -0.4 is 0 Å². The van der Waals surface area contributed by atoms with Gasteiger partial charge in [0, 0.05) is 35.5 Å². The highest BCUT2D eigenvalue weighted by molar-refractivity contribution is 7.82. The number of hydrogen-bond donors (Lipinski definition) is 12. The van der Waals surface area contributed by atoms with Gasteiger partial charge in [0.05, 0.1) is 19.8 Å². The van der Waals surface area contributed by atoms with Crippen LogP contribution in [0.3, 0.4) is 0 Å². The Morgan fingerprint density at radius 3 is 0.818 bits per heavy atom. The molecule has 25 atom stereocenters. The second kappa shape index (κ2) is 33.7. The van der Waals surface area contributed by atoms with Gasteiger partial charge in [-0.1, -0.05) is 0 Å². The first-order valence-electron chi connectivity index (χ1n) is 25.5. The molecule has 12 N–H and O–H groups in total. The molecule has 0 amide bonds. The molecule has 5 heterocycles. The van der Waals surface area contributed by atoms with Crippen LogP contribution in [0.5, 0.6) is 0 Å². The highest BCUT2D eigenvalue weighted by atomic mass is 32.3. The van der Waals surface area contributed by atoms with E-state index >= 15 is 0 Å². The molecule has 0 bridgehead atoms. The number of carboxylic acid groups (broad SMARTS) is 2. The average molecular weight is 1650 g/mol. The van der Waals surface area contributed by atoms with E-state index < -0.39 is 279 Å². The van der Waals surface area contributed by atoms with Crippen molar-refractivity contribution in [2.24, 2.45) is 0 Å². The summed E-state index contributed by atoms with van der Waals surface area (Å²) in [5, 5.41) is 31.9. The molecule has 0 aliphatic carbocycles. The van der Waals surface area contributed by atoms with Gasteiger partial charge in [0.1, 0.15) is 85.5 Å². The molecule has 0 unspecified atom stereocenters. The number of aliphatic carboxylic acids is 2. The summed E-state index contributed by atoms with van der Waals surface area (Å²) in [4.78, 5) is 26.6. The zero-order valence-corrected chi connectivity index (χ0v) is 56.5. The monoisotopic (exact) mass is 1650 g/mol. The molecular weight excluding hydrogens is 1590 g/mol. The lowest BCUT2D eigenvalue weighted by atomic mass is 9.95. The average Bonchev–Trinajstić information content (AvgIpc) is 0.768. The Bertz CT molecular complexity index is 3830. The molecular formula is C35H58O55S9. The zero-order valence-electron chi connectivity index (χ0n) is 49.2. The van der Waals surface area contributed by atoms with E-state index in [1.54, 1.807) is 0 Å². The van der Waals surface area contributed by atoms with Crippen LogP contribution in [0.1, 0.15) is 0 Å². The van der Waals surface area contributed by atoms with E-state index in [0.717, 1.165) is 14.2 Å². The van der Waals surface area contributed by atoms with Crippen LogP contribution in [0, 0.1) is 0 Å². The molecule has 0 radical (unpaired) electrons. The first kappa shape index (κ1) is 86.8. The summed E-state index contributed by atoms with van der Waals surface area (Å²) in [6, 6.07) is 0. The van der Waals surface area contributed by atoms with Crippen molar-refractivity contribution >= 4 is 106 Å². The molecule has 0 spiro atoms. The number of aliphatic hydroxyl groups excluding tert-OH is 1. The van der Waals surface area contributed by atoms with Crippen LogP contribution in [0.15, 0.2) is 0 Å². The molecule has 5 rings (SSSR count). The fourth-order valence-corrected chi connectivity index (χ4v) is 13.9. The maximum absolute atomic E-state index is 13.3. The van der Waals surface area contributed by atoms with Gasteiger partial charge < -0.3 is 81.6 Å². The van der Waals surface area contributed by atoms with Gasteiger partial charge in [-0.15, -0.1) is 0 Å². The number of hydrogen-bond acceptors (Lipinski definition) is 44. The van der Waals surface area contributed by atoms with E-state index in [0.29, 0.717) is 21.3 Å². The number of rotatable bonds is 36. The normalized spacial score (nSPS) is 36.7. The second-order valence-corrected chi connectivity index (χ2v) is 29.2. The first-order valence-corrected chi connectivity index (χ1v) is 37.8. The largest absolute Gasteiger partial charge is 0.479 e. The number of methoxy groups -OCH3 is 5. The minimum Gasteiger partial charge on any atom is -0.479 e. The topological polar surface area (TPSA) is 796 Å². The molecule has 99 heavy (non-hydrogen) atoms. The van der Waals surface area contributed by atoms with Crippen molar-refractivity contribution in [2.45, 2.75) is 154 Å². The second-order valence-electron chi connectivity index (χ2n) is 19.7. The summed E-state index contributed by atoms with van der Waals surface area (Å²) in [5.74, 6) is -4.78. The van der Waals surface area contributed by atoms with Gasteiger partial charge >= 0.3 is 106 Å². The van der Waals surface area contributed by atoms with Crippen molar-refractivity contribution in [1.82, 2.24) is 0 Å². The summed E-state index contributed by atoms with van der Waals surface area (Å²) in [6.07, 6.45) is -69.9. The standard InChI is InChI=1S/C35H58O55S9/c1-68-12-9(6-73-91(41,42)43)77-33(26(15(12)69-2)88-97(59,60)61)81-18-16(70-3)25(72-5)32(83-22(18)29(36)37)79-14-11(8-75-93(47,48)49)78-34(28(90-99(65,66)67)21(14)86-95(53,54)55)82-19-17(71-4)27(89-98(62,63)64)35(84-23(19)30(38)39)80-13-10(7-74-92(44,45)46)76-31(40)24(87-96(56,57)58)20(13)85-94(50,51)52/h9-28,31-35,40H,6-8H2,1-5H3,(H,36,37)(H,38,39)(H,41,42,43)(H,44,45,46)(H,47,48,49)(H,50,51,52)(H,53,54,55)(H,56,57,58)(H,59,60,61)(H,62,63,64)(H,65,66,67)/t9-,10-,11-,12-,13-,14-,15+,16+,17+,18+,19+,20+,21+,22+,23-,24+,25-,26-,27-,28-,31+,32-,33-,34-,35+/m1/s1. The summed E-state index contributed by atoms with van der Waals surface area (Å²) < 4.78 is 424. The van der Waals surface area contributed by atoms with Crippen molar-refractivity contribution in [1.29, 1.82) is 0 Å². The Balaban J connectivity index is 1.69. The fourth-order valence-electron chi connectivity index (χ4n) is 10.0. The molecule has 55 nitrogen and oxygen atoms in total. The van der Waals surface area contributed by atoms with Gasteiger partial charge in [0.25, 0.3) is 0 Å². The Hall–Kier alpha value is -2.83. The van der Waals surface area contributed by atoms with Gasteiger partial charge in [0.2, 0.25) is 0 Å². The van der Waals surface area contributed by atoms with Crippen LogP contribution in [0.25, 0.3) is 0 Å². The Morgan fingerprint density at radius 2 is 0.515 bits per heavy atom. The lowest BCUT2D eigenvalue weighted by molar-refractivity contribution is -0.385. The van der Waals surface area contributed by atoms with Crippen molar-refractivity contribution in [3.8, 4) is 0 Å². The highest BCUT2D eigenvalue weighted by Crippen LogP contribution is 2.41. The van der Waals surface area contributed by atoms with Crippen LogP contribution >= 0.6 is 0 Å². The van der Waals surface area contributed by atoms with E-state index in [1.807, 2.05) is 0 Å². The third kappa shape index (κ3) is 25.7. The van der Waals surface area contributed by atoms with Crippen LogP contribution in [0.2, 0.25) is 0 Å². The smallest absolute Gasteiger partial charge is 0.397 e. The molecule has 582 valence electrons. The van der Waals surface area contributed by atoms with Crippen molar-refractivity contribution in [3.05, 3.63) is 0 Å². The van der Waals surface area contributed by atoms with Crippen molar-refractivity contribution in [3.63, 3.8) is 0 Å².